The fourth-order valence-electron chi connectivity index (χ4n) is 2.76. The molecular formula is C22H16N2O2. The summed E-state index contributed by atoms with van der Waals surface area (Å²) < 4.78 is 7.72. The molecule has 0 atom stereocenters. The van der Waals surface area contributed by atoms with E-state index in [1.54, 1.807) is 16.8 Å². The topological polar surface area (TPSA) is 44.1 Å². The smallest absolute Gasteiger partial charge is 0.257 e. The van der Waals surface area contributed by atoms with Gasteiger partial charge in [0.2, 0.25) is 5.88 Å². The van der Waals surface area contributed by atoms with E-state index in [-0.39, 0.29) is 5.56 Å². The monoisotopic (exact) mass is 340 g/mol. The quantitative estimate of drug-likeness (QED) is 0.541. The molecule has 4 heteroatoms. The van der Waals surface area contributed by atoms with Crippen LogP contribution in [0.1, 0.15) is 0 Å². The van der Waals surface area contributed by atoms with E-state index in [0.717, 1.165) is 16.9 Å². The van der Waals surface area contributed by atoms with E-state index in [4.69, 9.17) is 4.74 Å². The first-order chi connectivity index (χ1) is 12.8. The predicted molar refractivity (Wildman–Crippen MR) is 102 cm³/mol. The van der Waals surface area contributed by atoms with Crippen LogP contribution in [0, 0.1) is 0 Å². The zero-order chi connectivity index (χ0) is 17.8. The lowest BCUT2D eigenvalue weighted by atomic mass is 10.1. The van der Waals surface area contributed by atoms with E-state index >= 15 is 0 Å². The van der Waals surface area contributed by atoms with Gasteiger partial charge in [0.15, 0.2) is 0 Å². The Morgan fingerprint density at radius 2 is 1.42 bits per heavy atom. The number of nitrogens with zero attached hydrogens (tertiary/aromatic N) is 2. The zero-order valence-corrected chi connectivity index (χ0v) is 13.9. The normalized spacial score (nSPS) is 10.5. The van der Waals surface area contributed by atoms with Gasteiger partial charge in [-0.2, -0.15) is 0 Å². The first-order valence-electron chi connectivity index (χ1n) is 8.29. The summed E-state index contributed by atoms with van der Waals surface area (Å²) in [6, 6.07) is 27.8. The Bertz CT molecular complexity index is 1060. The summed E-state index contributed by atoms with van der Waals surface area (Å²) >= 11 is 0. The summed E-state index contributed by atoms with van der Waals surface area (Å²) in [5.41, 5.74) is 2.06. The van der Waals surface area contributed by atoms with Crippen LogP contribution in [0.3, 0.4) is 0 Å². The molecule has 2 heterocycles. The van der Waals surface area contributed by atoms with Crippen LogP contribution in [0.25, 0.3) is 16.9 Å². The third kappa shape index (κ3) is 3.13. The van der Waals surface area contributed by atoms with Gasteiger partial charge in [-0.15, -0.1) is 0 Å². The maximum atomic E-state index is 12.7. The zero-order valence-electron chi connectivity index (χ0n) is 13.9. The highest BCUT2D eigenvalue weighted by Crippen LogP contribution is 2.32. The number of pyridine rings is 2. The van der Waals surface area contributed by atoms with E-state index < -0.39 is 0 Å². The second-order valence-corrected chi connectivity index (χ2v) is 5.69. The van der Waals surface area contributed by atoms with Crippen LogP contribution in [0.4, 0.5) is 0 Å². The molecule has 0 amide bonds. The van der Waals surface area contributed by atoms with Crippen molar-refractivity contribution in [3.05, 3.63) is 108 Å². The van der Waals surface area contributed by atoms with Crippen LogP contribution in [0.5, 0.6) is 11.6 Å². The van der Waals surface area contributed by atoms with Gasteiger partial charge in [-0.1, -0.05) is 42.5 Å². The summed E-state index contributed by atoms with van der Waals surface area (Å²) in [5, 5.41) is 0. The molecular weight excluding hydrogens is 324 g/mol. The Kier molecular flexibility index (Phi) is 4.31. The minimum Gasteiger partial charge on any atom is -0.440 e. The van der Waals surface area contributed by atoms with E-state index in [1.807, 2.05) is 78.9 Å². The second kappa shape index (κ2) is 7.07. The van der Waals surface area contributed by atoms with Gasteiger partial charge in [0.1, 0.15) is 5.75 Å². The average molecular weight is 340 g/mol. The van der Waals surface area contributed by atoms with Gasteiger partial charge in [-0.05, 0) is 42.5 Å². The molecule has 0 aliphatic rings. The number of benzene rings is 2. The van der Waals surface area contributed by atoms with Gasteiger partial charge in [0.25, 0.3) is 5.56 Å². The number of hydrogen-bond donors (Lipinski definition) is 0. The number of rotatable bonds is 4. The fraction of sp³-hybridized carbons (Fsp3) is 0. The molecule has 0 fully saturated rings. The number of aromatic nitrogens is 2. The van der Waals surface area contributed by atoms with Crippen LogP contribution in [0.15, 0.2) is 102 Å². The number of ether oxygens (including phenoxy) is 1. The molecule has 0 saturated carbocycles. The maximum Gasteiger partial charge on any atom is 0.257 e. The molecule has 2 aromatic heterocycles. The molecule has 0 saturated heterocycles. The van der Waals surface area contributed by atoms with Crippen LogP contribution in [-0.4, -0.2) is 9.55 Å². The summed E-state index contributed by atoms with van der Waals surface area (Å²) in [6.45, 7) is 0. The van der Waals surface area contributed by atoms with Gasteiger partial charge >= 0.3 is 0 Å². The molecule has 26 heavy (non-hydrogen) atoms. The summed E-state index contributed by atoms with van der Waals surface area (Å²) in [6.07, 6.45) is 1.72. The molecule has 0 spiro atoms. The lowest BCUT2D eigenvalue weighted by Crippen LogP contribution is -2.19. The van der Waals surface area contributed by atoms with Crippen molar-refractivity contribution in [2.45, 2.75) is 0 Å². The van der Waals surface area contributed by atoms with E-state index in [0.29, 0.717) is 11.6 Å². The minimum absolute atomic E-state index is 0.165. The first kappa shape index (κ1) is 15.8. The van der Waals surface area contributed by atoms with Crippen LogP contribution < -0.4 is 10.3 Å². The Labute approximate surface area is 151 Å². The molecule has 0 radical (unpaired) electrons. The average Bonchev–Trinajstić information content (AvgIpc) is 2.70. The Balaban J connectivity index is 1.97. The van der Waals surface area contributed by atoms with Crippen molar-refractivity contribution in [1.29, 1.82) is 0 Å². The highest BCUT2D eigenvalue weighted by atomic mass is 16.5. The molecule has 0 aliphatic carbocycles. The lowest BCUT2D eigenvalue weighted by Gasteiger charge is -2.17. The maximum absolute atomic E-state index is 12.7. The van der Waals surface area contributed by atoms with Gasteiger partial charge in [0, 0.05) is 12.3 Å². The number of hydrogen-bond acceptors (Lipinski definition) is 3. The van der Waals surface area contributed by atoms with Crippen molar-refractivity contribution in [3.8, 4) is 28.6 Å². The van der Waals surface area contributed by atoms with Gasteiger partial charge in [-0.25, -0.2) is 4.57 Å². The molecule has 4 aromatic rings. The molecule has 126 valence electrons. The molecule has 0 aliphatic heterocycles. The number of para-hydroxylation sites is 2. The van der Waals surface area contributed by atoms with E-state index in [1.165, 1.54) is 6.07 Å². The summed E-state index contributed by atoms with van der Waals surface area (Å²) in [5.74, 6) is 1.09. The van der Waals surface area contributed by atoms with Gasteiger partial charge in [-0.3, -0.25) is 9.78 Å². The fourth-order valence-corrected chi connectivity index (χ4v) is 2.76. The summed E-state index contributed by atoms with van der Waals surface area (Å²) in [7, 11) is 0. The van der Waals surface area contributed by atoms with Crippen molar-refractivity contribution in [2.24, 2.45) is 0 Å². The SMILES string of the molecule is O=c1ccc(-c2ccccn2)c(Oc2ccccc2)n1-c1ccccc1. The van der Waals surface area contributed by atoms with E-state index in [2.05, 4.69) is 4.98 Å². The molecule has 4 rings (SSSR count). The summed E-state index contributed by atoms with van der Waals surface area (Å²) in [4.78, 5) is 17.1. The van der Waals surface area contributed by atoms with Crippen molar-refractivity contribution in [3.63, 3.8) is 0 Å². The first-order valence-corrected chi connectivity index (χ1v) is 8.29. The minimum atomic E-state index is -0.165. The molecule has 0 bridgehead atoms. The predicted octanol–water partition coefficient (Wildman–Crippen LogP) is 4.69. The van der Waals surface area contributed by atoms with Crippen LogP contribution >= 0.6 is 0 Å². The molecule has 2 aromatic carbocycles. The Hall–Kier alpha value is -3.66. The highest BCUT2D eigenvalue weighted by molar-refractivity contribution is 5.66. The highest BCUT2D eigenvalue weighted by Gasteiger charge is 2.16. The Morgan fingerprint density at radius 3 is 2.12 bits per heavy atom. The lowest BCUT2D eigenvalue weighted by molar-refractivity contribution is 0.448. The van der Waals surface area contributed by atoms with Crippen LogP contribution in [0.2, 0.25) is 0 Å². The third-order valence-electron chi connectivity index (χ3n) is 3.96. The van der Waals surface area contributed by atoms with Crippen molar-refractivity contribution >= 4 is 0 Å². The largest absolute Gasteiger partial charge is 0.440 e. The standard InChI is InChI=1S/C22H16N2O2/c25-21-15-14-19(20-13-7-8-16-23-20)22(26-18-11-5-2-6-12-18)24(21)17-9-3-1-4-10-17/h1-16H. The molecule has 0 N–H and O–H groups in total. The molecule has 0 unspecified atom stereocenters. The van der Waals surface area contributed by atoms with Crippen molar-refractivity contribution in [1.82, 2.24) is 9.55 Å². The second-order valence-electron chi connectivity index (χ2n) is 5.69. The third-order valence-corrected chi connectivity index (χ3v) is 3.96. The van der Waals surface area contributed by atoms with Gasteiger partial charge in [0.05, 0.1) is 16.9 Å². The van der Waals surface area contributed by atoms with Gasteiger partial charge < -0.3 is 4.74 Å². The van der Waals surface area contributed by atoms with Crippen molar-refractivity contribution < 1.29 is 4.74 Å². The molecule has 4 nitrogen and oxygen atoms in total. The van der Waals surface area contributed by atoms with E-state index in [9.17, 15) is 4.79 Å². The van der Waals surface area contributed by atoms with Crippen molar-refractivity contribution in [2.75, 3.05) is 0 Å². The Morgan fingerprint density at radius 1 is 0.731 bits per heavy atom. The van der Waals surface area contributed by atoms with Crippen LogP contribution in [-0.2, 0) is 0 Å².